The average Bonchev–Trinajstić information content (AvgIpc) is 2.90. The number of likely N-dealkylation sites (tertiary alicyclic amines) is 1. The largest absolute Gasteiger partial charge is 0.428 e. The molecule has 3 rings (SSSR count). The highest BCUT2D eigenvalue weighted by Crippen LogP contribution is 2.29. The third-order valence-electron chi connectivity index (χ3n) is 4.98. The van der Waals surface area contributed by atoms with E-state index in [4.69, 9.17) is 4.42 Å². The quantitative estimate of drug-likeness (QED) is 0.939. The average molecular weight is 331 g/mol. The molecule has 6 nitrogen and oxygen atoms in total. The van der Waals surface area contributed by atoms with Crippen LogP contribution in [0.25, 0.3) is 11.1 Å². The number of fused-ring (bicyclic) bond motifs is 1. The fourth-order valence-electron chi connectivity index (χ4n) is 3.20. The number of carbonyl (C=O) groups excluding carboxylic acids is 1. The molecule has 2 aromatic rings. The monoisotopic (exact) mass is 331 g/mol. The number of benzene rings is 1. The van der Waals surface area contributed by atoms with E-state index in [9.17, 15) is 9.59 Å². The second-order valence-corrected chi connectivity index (χ2v) is 6.77. The van der Waals surface area contributed by atoms with Crippen molar-refractivity contribution in [1.82, 2.24) is 14.8 Å². The third kappa shape index (κ3) is 3.24. The Morgan fingerprint density at radius 1 is 1.38 bits per heavy atom. The summed E-state index contributed by atoms with van der Waals surface area (Å²) < 4.78 is 6.41. The molecule has 6 heteroatoms. The van der Waals surface area contributed by atoms with Gasteiger partial charge in [-0.05, 0) is 69.9 Å². The number of aromatic nitrogens is 1. The van der Waals surface area contributed by atoms with E-state index in [1.807, 2.05) is 32.0 Å². The zero-order valence-electron chi connectivity index (χ0n) is 14.5. The Morgan fingerprint density at radius 2 is 2.08 bits per heavy atom. The number of nitrogens with zero attached hydrogens (tertiary/aromatic N) is 2. The maximum absolute atomic E-state index is 12.3. The number of hydrogen-bond acceptors (Lipinski definition) is 4. The van der Waals surface area contributed by atoms with E-state index in [1.54, 1.807) is 0 Å². The molecule has 1 saturated heterocycles. The molecule has 1 N–H and O–H groups in total. The van der Waals surface area contributed by atoms with Crippen LogP contribution in [0.4, 0.5) is 4.79 Å². The van der Waals surface area contributed by atoms with Gasteiger partial charge in [0.1, 0.15) is 0 Å². The van der Waals surface area contributed by atoms with Gasteiger partial charge in [-0.2, -0.15) is 4.57 Å². The number of hydrogen-bond donors (Lipinski definition) is 1. The van der Waals surface area contributed by atoms with Crippen LogP contribution in [0.15, 0.2) is 27.4 Å². The van der Waals surface area contributed by atoms with Gasteiger partial charge in [-0.15, -0.1) is 0 Å². The highest BCUT2D eigenvalue weighted by atomic mass is 16.4. The van der Waals surface area contributed by atoms with E-state index in [0.717, 1.165) is 36.9 Å². The summed E-state index contributed by atoms with van der Waals surface area (Å²) in [5.41, 5.74) is 2.19. The van der Waals surface area contributed by atoms with Crippen LogP contribution in [-0.4, -0.2) is 41.7 Å². The fraction of sp³-hybridized carbons (Fsp3) is 0.556. The molecule has 1 unspecified atom stereocenters. The Morgan fingerprint density at radius 3 is 2.75 bits per heavy atom. The number of piperidine rings is 1. The Labute approximate surface area is 141 Å². The van der Waals surface area contributed by atoms with Gasteiger partial charge in [0, 0.05) is 6.04 Å². The molecule has 2 heterocycles. The second-order valence-electron chi connectivity index (χ2n) is 6.77. The molecule has 1 aliphatic rings. The Hall–Kier alpha value is -2.08. The summed E-state index contributed by atoms with van der Waals surface area (Å²) in [7, 11) is 2.13. The van der Waals surface area contributed by atoms with Crippen molar-refractivity contribution in [3.8, 4) is 0 Å². The first-order chi connectivity index (χ1) is 11.5. The van der Waals surface area contributed by atoms with Crippen molar-refractivity contribution in [2.24, 2.45) is 0 Å². The van der Waals surface area contributed by atoms with Gasteiger partial charge in [-0.3, -0.25) is 0 Å². The van der Waals surface area contributed by atoms with Crippen molar-refractivity contribution in [2.75, 3.05) is 20.1 Å². The number of nitrogens with one attached hydrogen (secondary N) is 1. The van der Waals surface area contributed by atoms with Crippen molar-refractivity contribution < 1.29 is 9.21 Å². The van der Waals surface area contributed by atoms with E-state index < -0.39 is 11.8 Å². The molecule has 1 aromatic heterocycles. The van der Waals surface area contributed by atoms with Crippen LogP contribution in [-0.2, 0) is 0 Å². The molecular weight excluding hydrogens is 306 g/mol. The van der Waals surface area contributed by atoms with Crippen LogP contribution in [0.1, 0.15) is 44.6 Å². The highest BCUT2D eigenvalue weighted by molar-refractivity contribution is 5.88. The molecule has 0 bridgehead atoms. The van der Waals surface area contributed by atoms with Crippen LogP contribution < -0.4 is 11.1 Å². The zero-order valence-corrected chi connectivity index (χ0v) is 14.5. The first-order valence-electron chi connectivity index (χ1n) is 8.64. The van der Waals surface area contributed by atoms with Crippen molar-refractivity contribution in [2.45, 2.75) is 45.1 Å². The van der Waals surface area contributed by atoms with Gasteiger partial charge < -0.3 is 14.6 Å². The van der Waals surface area contributed by atoms with E-state index in [-0.39, 0.29) is 6.04 Å². The van der Waals surface area contributed by atoms with Gasteiger partial charge in [-0.25, -0.2) is 9.59 Å². The third-order valence-corrected chi connectivity index (χ3v) is 4.98. The normalized spacial score (nSPS) is 18.0. The Kier molecular flexibility index (Phi) is 4.76. The molecule has 0 radical (unpaired) electrons. The van der Waals surface area contributed by atoms with Crippen LogP contribution in [0, 0.1) is 0 Å². The van der Waals surface area contributed by atoms with E-state index in [2.05, 4.69) is 17.3 Å². The predicted octanol–water partition coefficient (Wildman–Crippen LogP) is 2.76. The highest BCUT2D eigenvalue weighted by Gasteiger charge is 2.21. The lowest BCUT2D eigenvalue weighted by molar-refractivity contribution is 0.238. The molecule has 0 saturated carbocycles. The summed E-state index contributed by atoms with van der Waals surface area (Å²) >= 11 is 0. The van der Waals surface area contributed by atoms with Gasteiger partial charge in [0.2, 0.25) is 0 Å². The first-order valence-corrected chi connectivity index (χ1v) is 8.64. The van der Waals surface area contributed by atoms with Crippen LogP contribution >= 0.6 is 0 Å². The number of oxazole rings is 1. The molecule has 1 aliphatic heterocycles. The SMILES string of the molecule is CCC(C)NC(=O)n1c(=O)oc2cc(C3CCN(C)CC3)ccc21. The lowest BCUT2D eigenvalue weighted by Crippen LogP contribution is -2.39. The van der Waals surface area contributed by atoms with Gasteiger partial charge in [-0.1, -0.05) is 13.0 Å². The minimum atomic E-state index is -0.633. The number of rotatable bonds is 3. The summed E-state index contributed by atoms with van der Waals surface area (Å²) in [6.45, 7) is 6.04. The maximum Gasteiger partial charge on any atom is 0.428 e. The maximum atomic E-state index is 12.3. The molecule has 1 atom stereocenters. The van der Waals surface area contributed by atoms with Crippen LogP contribution in [0.3, 0.4) is 0 Å². The standard InChI is InChI=1S/C18H25N3O3/c1-4-12(2)19-17(22)21-15-6-5-14(11-16(15)24-18(21)23)13-7-9-20(3)10-8-13/h5-6,11-13H,4,7-10H2,1-3H3,(H,19,22). The summed E-state index contributed by atoms with van der Waals surface area (Å²) in [6.07, 6.45) is 3.00. The smallest absolute Gasteiger partial charge is 0.407 e. The summed E-state index contributed by atoms with van der Waals surface area (Å²) in [5.74, 6) is -0.153. The van der Waals surface area contributed by atoms with Crippen molar-refractivity contribution in [3.63, 3.8) is 0 Å². The molecule has 24 heavy (non-hydrogen) atoms. The molecule has 130 valence electrons. The Balaban J connectivity index is 1.90. The van der Waals surface area contributed by atoms with E-state index >= 15 is 0 Å². The molecule has 1 fully saturated rings. The molecule has 0 spiro atoms. The Bertz CT molecular complexity index is 784. The number of amides is 1. The summed E-state index contributed by atoms with van der Waals surface area (Å²) in [5, 5.41) is 2.81. The lowest BCUT2D eigenvalue weighted by Gasteiger charge is -2.29. The van der Waals surface area contributed by atoms with Crippen LogP contribution in [0.2, 0.25) is 0 Å². The van der Waals surface area contributed by atoms with Crippen molar-refractivity contribution in [3.05, 3.63) is 34.3 Å². The van der Waals surface area contributed by atoms with Crippen molar-refractivity contribution >= 4 is 17.1 Å². The van der Waals surface area contributed by atoms with Crippen molar-refractivity contribution in [1.29, 1.82) is 0 Å². The molecule has 1 aromatic carbocycles. The first kappa shape index (κ1) is 16.8. The minimum Gasteiger partial charge on any atom is -0.407 e. The fourth-order valence-corrected chi connectivity index (χ4v) is 3.20. The second kappa shape index (κ2) is 6.81. The minimum absolute atomic E-state index is 0.00727. The van der Waals surface area contributed by atoms with Gasteiger partial charge in [0.15, 0.2) is 5.58 Å². The van der Waals surface area contributed by atoms with Gasteiger partial charge in [0.05, 0.1) is 5.52 Å². The summed E-state index contributed by atoms with van der Waals surface area (Å²) in [6, 6.07) is 5.33. The topological polar surface area (TPSA) is 67.5 Å². The number of carbonyl (C=O) groups is 1. The van der Waals surface area contributed by atoms with Crippen LogP contribution in [0.5, 0.6) is 0 Å². The molecule has 1 amide bonds. The lowest BCUT2D eigenvalue weighted by atomic mass is 9.89. The molecular formula is C18H25N3O3. The predicted molar refractivity (Wildman–Crippen MR) is 93.6 cm³/mol. The summed E-state index contributed by atoms with van der Waals surface area (Å²) in [4.78, 5) is 26.8. The molecule has 0 aliphatic carbocycles. The zero-order chi connectivity index (χ0) is 17.3. The van der Waals surface area contributed by atoms with E-state index in [1.165, 1.54) is 5.56 Å². The van der Waals surface area contributed by atoms with Gasteiger partial charge in [0.25, 0.3) is 0 Å². The van der Waals surface area contributed by atoms with Gasteiger partial charge >= 0.3 is 11.8 Å². The van der Waals surface area contributed by atoms with E-state index in [0.29, 0.717) is 17.0 Å².